The molecule has 0 aliphatic carbocycles. The van der Waals surface area contributed by atoms with Gasteiger partial charge in [0, 0.05) is 0 Å². The fourth-order valence-corrected chi connectivity index (χ4v) is 0.314. The second-order valence-corrected chi connectivity index (χ2v) is 2.11. The molecular weight excluding hydrogens is 140 g/mol. The van der Waals surface area contributed by atoms with E-state index >= 15 is 0 Å². The fourth-order valence-electron chi connectivity index (χ4n) is 0.314. The molecule has 2 heteroatoms. The first-order valence-corrected chi connectivity index (χ1v) is 3.80. The van der Waals surface area contributed by atoms with E-state index in [2.05, 4.69) is 4.89 Å². The maximum absolute atomic E-state index is 8.05. The van der Waals surface area contributed by atoms with Crippen molar-refractivity contribution in [3.63, 3.8) is 0 Å². The van der Waals surface area contributed by atoms with Gasteiger partial charge in [-0.05, 0) is 26.8 Å². The zero-order valence-electron chi connectivity index (χ0n) is 8.01. The number of rotatable bonds is 2. The van der Waals surface area contributed by atoms with Crippen LogP contribution < -0.4 is 0 Å². The highest BCUT2D eigenvalue weighted by atomic mass is 17.1. The number of hydrogen-bond donors (Lipinski definition) is 1. The summed E-state index contributed by atoms with van der Waals surface area (Å²) in [7, 11) is 0. The van der Waals surface area contributed by atoms with Crippen molar-refractivity contribution < 1.29 is 10.1 Å². The lowest BCUT2D eigenvalue weighted by Crippen LogP contribution is -1.77. The van der Waals surface area contributed by atoms with Crippen LogP contribution >= 0.6 is 0 Å². The standard InChI is InChI=1S/C7H12O2.C2H6/c1-6(2)4-5-7(3)9-8;1-2/h4-5,8H,1-3H3;1-2H3/b7-5+;. The Morgan fingerprint density at radius 2 is 1.55 bits per heavy atom. The summed E-state index contributed by atoms with van der Waals surface area (Å²) in [5, 5.41) is 8.05. The van der Waals surface area contributed by atoms with E-state index in [-0.39, 0.29) is 0 Å². The molecule has 0 aliphatic rings. The Balaban J connectivity index is 0. The third-order valence-electron chi connectivity index (χ3n) is 0.795. The summed E-state index contributed by atoms with van der Waals surface area (Å²) in [4.78, 5) is 3.92. The van der Waals surface area contributed by atoms with Gasteiger partial charge < -0.3 is 4.89 Å². The van der Waals surface area contributed by atoms with Gasteiger partial charge in [0.1, 0.15) is 5.76 Å². The van der Waals surface area contributed by atoms with Crippen LogP contribution in [0.5, 0.6) is 0 Å². The average molecular weight is 158 g/mol. The van der Waals surface area contributed by atoms with Gasteiger partial charge in [0.2, 0.25) is 0 Å². The molecule has 1 N–H and O–H groups in total. The van der Waals surface area contributed by atoms with E-state index < -0.39 is 0 Å². The van der Waals surface area contributed by atoms with Crippen molar-refractivity contribution in [1.29, 1.82) is 0 Å². The van der Waals surface area contributed by atoms with Crippen molar-refractivity contribution >= 4 is 0 Å². The maximum Gasteiger partial charge on any atom is 0.139 e. The summed E-state index contributed by atoms with van der Waals surface area (Å²) in [5.41, 5.74) is 1.17. The van der Waals surface area contributed by atoms with Crippen molar-refractivity contribution in [2.75, 3.05) is 0 Å². The lowest BCUT2D eigenvalue weighted by Gasteiger charge is -1.90. The van der Waals surface area contributed by atoms with E-state index in [4.69, 9.17) is 5.26 Å². The minimum absolute atomic E-state index is 0.496. The zero-order chi connectivity index (χ0) is 9.28. The van der Waals surface area contributed by atoms with Gasteiger partial charge >= 0.3 is 0 Å². The van der Waals surface area contributed by atoms with Gasteiger partial charge in [-0.15, -0.1) is 0 Å². The molecule has 0 aromatic rings. The second kappa shape index (κ2) is 9.24. The van der Waals surface area contributed by atoms with Crippen LogP contribution in [-0.4, -0.2) is 5.26 Å². The van der Waals surface area contributed by atoms with Gasteiger partial charge in [-0.2, -0.15) is 0 Å². The Kier molecular flexibility index (Phi) is 10.8. The Morgan fingerprint density at radius 3 is 1.82 bits per heavy atom. The fraction of sp³-hybridized carbons (Fsp3) is 0.556. The Morgan fingerprint density at radius 1 is 1.09 bits per heavy atom. The van der Waals surface area contributed by atoms with Gasteiger partial charge in [-0.25, -0.2) is 5.26 Å². The molecule has 0 aliphatic heterocycles. The van der Waals surface area contributed by atoms with Gasteiger partial charge in [-0.1, -0.05) is 25.5 Å². The van der Waals surface area contributed by atoms with Crippen LogP contribution in [0.15, 0.2) is 23.5 Å². The van der Waals surface area contributed by atoms with Crippen LogP contribution in [0, 0.1) is 0 Å². The summed E-state index contributed by atoms with van der Waals surface area (Å²) in [5.74, 6) is 0.496. The molecule has 0 saturated heterocycles. The van der Waals surface area contributed by atoms with Crippen molar-refractivity contribution in [2.45, 2.75) is 34.6 Å². The maximum atomic E-state index is 8.05. The SMILES string of the molecule is CC.CC(C)=C/C=C(\C)OO. The summed E-state index contributed by atoms with van der Waals surface area (Å²) >= 11 is 0. The molecule has 0 fully saturated rings. The molecule has 66 valence electrons. The van der Waals surface area contributed by atoms with E-state index in [9.17, 15) is 0 Å². The topological polar surface area (TPSA) is 29.5 Å². The minimum atomic E-state index is 0.496. The first-order valence-electron chi connectivity index (χ1n) is 3.80. The quantitative estimate of drug-likeness (QED) is 0.289. The first-order chi connectivity index (χ1) is 5.16. The molecule has 0 spiro atoms. The van der Waals surface area contributed by atoms with Crippen LogP contribution in [-0.2, 0) is 4.89 Å². The largest absolute Gasteiger partial charge is 0.345 e. The van der Waals surface area contributed by atoms with Crippen LogP contribution in [0.1, 0.15) is 34.6 Å². The van der Waals surface area contributed by atoms with Crippen LogP contribution in [0.4, 0.5) is 0 Å². The molecule has 11 heavy (non-hydrogen) atoms. The second-order valence-electron chi connectivity index (χ2n) is 2.11. The summed E-state index contributed by atoms with van der Waals surface area (Å²) in [6.07, 6.45) is 3.57. The van der Waals surface area contributed by atoms with Crippen molar-refractivity contribution in [3.8, 4) is 0 Å². The Labute approximate surface area is 69.1 Å². The van der Waals surface area contributed by atoms with E-state index in [0.29, 0.717) is 5.76 Å². The van der Waals surface area contributed by atoms with Crippen LogP contribution in [0.25, 0.3) is 0 Å². The van der Waals surface area contributed by atoms with Gasteiger partial charge in [-0.3, -0.25) is 0 Å². The number of allylic oxidation sites excluding steroid dienone is 4. The third kappa shape index (κ3) is 12.4. The molecule has 0 saturated carbocycles. The normalized spacial score (nSPS) is 9.45. The molecule has 0 radical (unpaired) electrons. The molecular formula is C9H18O2. The molecule has 2 nitrogen and oxygen atoms in total. The van der Waals surface area contributed by atoms with Crippen LogP contribution in [0.2, 0.25) is 0 Å². The van der Waals surface area contributed by atoms with Gasteiger partial charge in [0.15, 0.2) is 0 Å². The lowest BCUT2D eigenvalue weighted by molar-refractivity contribution is -0.202. The Hall–Kier alpha value is -0.760. The summed E-state index contributed by atoms with van der Waals surface area (Å²) in [6.45, 7) is 9.63. The predicted molar refractivity (Wildman–Crippen MR) is 48.2 cm³/mol. The van der Waals surface area contributed by atoms with Gasteiger partial charge in [0.05, 0.1) is 0 Å². The Bertz CT molecular complexity index is 130. The molecule has 0 unspecified atom stereocenters. The summed E-state index contributed by atoms with van der Waals surface area (Å²) in [6, 6.07) is 0. The van der Waals surface area contributed by atoms with Crippen molar-refractivity contribution in [2.24, 2.45) is 0 Å². The molecule has 0 heterocycles. The molecule has 0 bridgehead atoms. The third-order valence-corrected chi connectivity index (χ3v) is 0.795. The molecule has 0 aromatic carbocycles. The van der Waals surface area contributed by atoms with E-state index in [0.717, 1.165) is 0 Å². The highest BCUT2D eigenvalue weighted by Gasteiger charge is 1.80. The first kappa shape index (κ1) is 12.9. The predicted octanol–water partition coefficient (Wildman–Crippen LogP) is 3.37. The highest BCUT2D eigenvalue weighted by Crippen LogP contribution is 1.95. The smallest absolute Gasteiger partial charge is 0.139 e. The molecule has 0 atom stereocenters. The lowest BCUT2D eigenvalue weighted by atomic mass is 10.3. The van der Waals surface area contributed by atoms with Crippen LogP contribution in [0.3, 0.4) is 0 Å². The van der Waals surface area contributed by atoms with Crippen molar-refractivity contribution in [3.05, 3.63) is 23.5 Å². The van der Waals surface area contributed by atoms with E-state index in [1.54, 1.807) is 13.0 Å². The van der Waals surface area contributed by atoms with E-state index in [1.165, 1.54) is 5.57 Å². The average Bonchev–Trinajstić information content (AvgIpc) is 2.04. The molecule has 0 amide bonds. The zero-order valence-corrected chi connectivity index (χ0v) is 8.01. The van der Waals surface area contributed by atoms with Gasteiger partial charge in [0.25, 0.3) is 0 Å². The van der Waals surface area contributed by atoms with E-state index in [1.807, 2.05) is 33.8 Å². The van der Waals surface area contributed by atoms with Crippen molar-refractivity contribution in [1.82, 2.24) is 0 Å². The molecule has 0 aromatic heterocycles. The summed E-state index contributed by atoms with van der Waals surface area (Å²) < 4.78 is 0. The monoisotopic (exact) mass is 158 g/mol. The highest BCUT2D eigenvalue weighted by molar-refractivity contribution is 5.10. The molecule has 0 rings (SSSR count). The number of hydrogen-bond acceptors (Lipinski definition) is 2. The minimum Gasteiger partial charge on any atom is -0.345 e.